The zero-order chi connectivity index (χ0) is 13.9. The average Bonchev–Trinajstić information content (AvgIpc) is 2.49. The molecule has 3 rings (SSSR count). The lowest BCUT2D eigenvalue weighted by Gasteiger charge is -2.31. The smallest absolute Gasteiger partial charge is 0.262 e. The van der Waals surface area contributed by atoms with Crippen LogP contribution in [0.5, 0.6) is 5.75 Å². The van der Waals surface area contributed by atoms with Crippen LogP contribution in [0.1, 0.15) is 24.4 Å². The third-order valence-corrected chi connectivity index (χ3v) is 3.97. The van der Waals surface area contributed by atoms with Gasteiger partial charge < -0.3 is 20.1 Å². The Morgan fingerprint density at radius 3 is 3.10 bits per heavy atom. The lowest BCUT2D eigenvalue weighted by molar-refractivity contribution is -0.118. The van der Waals surface area contributed by atoms with E-state index in [1.807, 2.05) is 19.2 Å². The summed E-state index contributed by atoms with van der Waals surface area (Å²) < 4.78 is 11.0. The van der Waals surface area contributed by atoms with Gasteiger partial charge >= 0.3 is 0 Å². The fourth-order valence-corrected chi connectivity index (χ4v) is 3.00. The third kappa shape index (κ3) is 2.64. The molecule has 1 saturated heterocycles. The first kappa shape index (κ1) is 13.4. The van der Waals surface area contributed by atoms with Crippen LogP contribution in [0.2, 0.25) is 0 Å². The Balaban J connectivity index is 1.84. The van der Waals surface area contributed by atoms with Crippen LogP contribution in [0.15, 0.2) is 18.2 Å². The number of carbonyl (C=O) groups is 1. The molecule has 0 spiro atoms. The van der Waals surface area contributed by atoms with Crippen molar-refractivity contribution in [3.8, 4) is 5.75 Å². The predicted octanol–water partition coefficient (Wildman–Crippen LogP) is 1.70. The van der Waals surface area contributed by atoms with Crippen molar-refractivity contribution in [2.45, 2.75) is 18.9 Å². The lowest BCUT2D eigenvalue weighted by atomic mass is 9.88. The summed E-state index contributed by atoms with van der Waals surface area (Å²) in [6.45, 7) is 1.74. The van der Waals surface area contributed by atoms with Crippen molar-refractivity contribution in [3.05, 3.63) is 23.8 Å². The Hall–Kier alpha value is -1.59. The van der Waals surface area contributed by atoms with Crippen molar-refractivity contribution in [3.63, 3.8) is 0 Å². The number of rotatable bonds is 3. The Kier molecular flexibility index (Phi) is 3.89. The summed E-state index contributed by atoms with van der Waals surface area (Å²) >= 11 is 0. The molecule has 5 heteroatoms. The molecule has 2 aliphatic heterocycles. The quantitative estimate of drug-likeness (QED) is 0.882. The maximum absolute atomic E-state index is 11.4. The van der Waals surface area contributed by atoms with Gasteiger partial charge in [0.25, 0.3) is 5.91 Å². The highest BCUT2D eigenvalue weighted by Gasteiger charge is 2.26. The number of nitrogens with one attached hydrogen (secondary N) is 2. The topological polar surface area (TPSA) is 59.6 Å². The van der Waals surface area contributed by atoms with Crippen molar-refractivity contribution in [1.82, 2.24) is 5.32 Å². The first-order valence-electron chi connectivity index (χ1n) is 7.09. The van der Waals surface area contributed by atoms with Gasteiger partial charge in [-0.1, -0.05) is 6.07 Å². The van der Waals surface area contributed by atoms with Crippen molar-refractivity contribution < 1.29 is 14.3 Å². The van der Waals surface area contributed by atoms with Crippen LogP contribution in [-0.2, 0) is 9.53 Å². The van der Waals surface area contributed by atoms with Gasteiger partial charge in [-0.3, -0.25) is 4.79 Å². The van der Waals surface area contributed by atoms with Gasteiger partial charge in [0.15, 0.2) is 6.61 Å². The molecule has 0 radical (unpaired) electrons. The van der Waals surface area contributed by atoms with Gasteiger partial charge in [-0.25, -0.2) is 0 Å². The van der Waals surface area contributed by atoms with Crippen molar-refractivity contribution >= 4 is 11.6 Å². The Labute approximate surface area is 118 Å². The summed E-state index contributed by atoms with van der Waals surface area (Å²) in [6.07, 6.45) is 2.26. The van der Waals surface area contributed by atoms with E-state index in [4.69, 9.17) is 9.47 Å². The fraction of sp³-hybridized carbons (Fsp3) is 0.533. The summed E-state index contributed by atoms with van der Waals surface area (Å²) in [5.74, 6) is 1.10. The summed E-state index contributed by atoms with van der Waals surface area (Å²) in [5.41, 5.74) is 1.92. The molecular formula is C15H20N2O3. The molecule has 0 saturated carbocycles. The van der Waals surface area contributed by atoms with Crippen LogP contribution in [0.4, 0.5) is 5.69 Å². The van der Waals surface area contributed by atoms with Crippen LogP contribution in [0.3, 0.4) is 0 Å². The molecular weight excluding hydrogens is 256 g/mol. The third-order valence-electron chi connectivity index (χ3n) is 3.97. The van der Waals surface area contributed by atoms with E-state index in [2.05, 4.69) is 16.7 Å². The second-order valence-electron chi connectivity index (χ2n) is 5.34. The van der Waals surface area contributed by atoms with Crippen LogP contribution in [0, 0.1) is 5.92 Å². The Morgan fingerprint density at radius 1 is 1.45 bits per heavy atom. The molecule has 1 aromatic carbocycles. The first-order valence-corrected chi connectivity index (χ1v) is 7.09. The molecule has 108 valence electrons. The molecule has 0 aromatic heterocycles. The number of hydrogen-bond acceptors (Lipinski definition) is 4. The number of carbonyl (C=O) groups excluding carboxylic acids is 1. The second kappa shape index (κ2) is 5.81. The monoisotopic (exact) mass is 276 g/mol. The predicted molar refractivity (Wildman–Crippen MR) is 75.9 cm³/mol. The standard InChI is InChI=1S/C15H20N2O3/c1-16-15(11-3-2-6-19-8-11)10-4-5-13-12(7-10)17-14(18)9-20-13/h4-5,7,11,15-16H,2-3,6,8-9H2,1H3,(H,17,18). The minimum atomic E-state index is -0.100. The van der Waals surface area contributed by atoms with Crippen molar-refractivity contribution in [1.29, 1.82) is 0 Å². The maximum Gasteiger partial charge on any atom is 0.262 e. The number of hydrogen-bond donors (Lipinski definition) is 2. The van der Waals surface area contributed by atoms with Gasteiger partial charge in [0, 0.05) is 18.6 Å². The molecule has 1 amide bonds. The van der Waals surface area contributed by atoms with E-state index in [-0.39, 0.29) is 18.6 Å². The van der Waals surface area contributed by atoms with Crippen LogP contribution in [0.25, 0.3) is 0 Å². The molecule has 1 aromatic rings. The summed E-state index contributed by atoms with van der Waals surface area (Å²) in [7, 11) is 1.97. The van der Waals surface area contributed by atoms with Gasteiger partial charge in [0.2, 0.25) is 0 Å². The number of ether oxygens (including phenoxy) is 2. The molecule has 20 heavy (non-hydrogen) atoms. The van der Waals surface area contributed by atoms with Gasteiger partial charge in [-0.05, 0) is 37.6 Å². The van der Waals surface area contributed by atoms with Gasteiger partial charge in [0.05, 0.1) is 12.3 Å². The summed E-state index contributed by atoms with van der Waals surface area (Å²) in [5, 5.41) is 6.23. The minimum absolute atomic E-state index is 0.0955. The van der Waals surface area contributed by atoms with E-state index < -0.39 is 0 Å². The average molecular weight is 276 g/mol. The van der Waals surface area contributed by atoms with Gasteiger partial charge in [-0.2, -0.15) is 0 Å². The highest BCUT2D eigenvalue weighted by Crippen LogP contribution is 2.34. The van der Waals surface area contributed by atoms with Crippen LogP contribution >= 0.6 is 0 Å². The fourth-order valence-electron chi connectivity index (χ4n) is 3.00. The SMILES string of the molecule is CNC(c1ccc2c(c1)NC(=O)CO2)C1CCCOC1. The van der Waals surface area contributed by atoms with Crippen molar-refractivity contribution in [2.75, 3.05) is 32.2 Å². The van der Waals surface area contributed by atoms with Crippen molar-refractivity contribution in [2.24, 2.45) is 5.92 Å². The molecule has 5 nitrogen and oxygen atoms in total. The lowest BCUT2D eigenvalue weighted by Crippen LogP contribution is -2.32. The number of benzene rings is 1. The van der Waals surface area contributed by atoms with E-state index in [1.54, 1.807) is 0 Å². The Morgan fingerprint density at radius 2 is 2.35 bits per heavy atom. The maximum atomic E-state index is 11.4. The van der Waals surface area contributed by atoms with Gasteiger partial charge in [-0.15, -0.1) is 0 Å². The summed E-state index contributed by atoms with van der Waals surface area (Å²) in [6, 6.07) is 6.23. The normalized spacial score (nSPS) is 23.4. The van der Waals surface area contributed by atoms with E-state index >= 15 is 0 Å². The van der Waals surface area contributed by atoms with E-state index in [0.717, 1.165) is 43.1 Å². The summed E-state index contributed by atoms with van der Waals surface area (Å²) in [4.78, 5) is 11.4. The molecule has 2 aliphatic rings. The van der Waals surface area contributed by atoms with E-state index in [9.17, 15) is 4.79 Å². The molecule has 2 atom stereocenters. The number of fused-ring (bicyclic) bond motifs is 1. The highest BCUT2D eigenvalue weighted by molar-refractivity contribution is 5.95. The first-order chi connectivity index (χ1) is 9.78. The van der Waals surface area contributed by atoms with Crippen LogP contribution in [-0.4, -0.2) is 32.8 Å². The molecule has 2 unspecified atom stereocenters. The van der Waals surface area contributed by atoms with E-state index in [1.165, 1.54) is 0 Å². The zero-order valence-electron chi connectivity index (χ0n) is 11.6. The Bertz CT molecular complexity index is 498. The molecule has 0 bridgehead atoms. The number of amides is 1. The van der Waals surface area contributed by atoms with E-state index in [0.29, 0.717) is 5.92 Å². The minimum Gasteiger partial charge on any atom is -0.482 e. The van der Waals surface area contributed by atoms with Gasteiger partial charge in [0.1, 0.15) is 5.75 Å². The molecule has 1 fully saturated rings. The highest BCUT2D eigenvalue weighted by atomic mass is 16.5. The second-order valence-corrected chi connectivity index (χ2v) is 5.34. The molecule has 2 N–H and O–H groups in total. The zero-order valence-corrected chi connectivity index (χ0v) is 11.6. The molecule has 2 heterocycles. The number of anilines is 1. The van der Waals surface area contributed by atoms with Crippen LogP contribution < -0.4 is 15.4 Å². The largest absolute Gasteiger partial charge is 0.482 e. The molecule has 0 aliphatic carbocycles.